The summed E-state index contributed by atoms with van der Waals surface area (Å²) in [6, 6.07) is 7.69. The first-order valence-electron chi connectivity index (χ1n) is 9.54. The van der Waals surface area contributed by atoms with Crippen molar-refractivity contribution in [2.24, 2.45) is 11.7 Å². The molecule has 2 aliphatic carbocycles. The van der Waals surface area contributed by atoms with Crippen molar-refractivity contribution in [2.75, 3.05) is 5.32 Å². The molecule has 0 heterocycles. The predicted octanol–water partition coefficient (Wildman–Crippen LogP) is 3.09. The van der Waals surface area contributed by atoms with Gasteiger partial charge in [0.1, 0.15) is 0 Å². The molecule has 0 spiro atoms. The van der Waals surface area contributed by atoms with E-state index in [-0.39, 0.29) is 17.7 Å². The SMILES string of the molecule is NC1(C(=O)NCc2cccc(NC(=O)C3CCCCC3)c2)CCCC1. The minimum absolute atomic E-state index is 0.0679. The van der Waals surface area contributed by atoms with Gasteiger partial charge in [-0.05, 0) is 43.4 Å². The second kappa shape index (κ2) is 8.00. The molecular weight excluding hydrogens is 314 g/mol. The number of anilines is 1. The summed E-state index contributed by atoms with van der Waals surface area (Å²) in [6.45, 7) is 0.435. The lowest BCUT2D eigenvalue weighted by Crippen LogP contribution is -2.51. The van der Waals surface area contributed by atoms with Gasteiger partial charge in [-0.2, -0.15) is 0 Å². The monoisotopic (exact) mass is 343 g/mol. The number of hydrogen-bond donors (Lipinski definition) is 3. The van der Waals surface area contributed by atoms with E-state index in [4.69, 9.17) is 5.73 Å². The van der Waals surface area contributed by atoms with Crippen LogP contribution in [-0.2, 0) is 16.1 Å². The maximum absolute atomic E-state index is 12.4. The van der Waals surface area contributed by atoms with Crippen LogP contribution in [0.1, 0.15) is 63.4 Å². The highest BCUT2D eigenvalue weighted by atomic mass is 16.2. The molecule has 0 saturated heterocycles. The fourth-order valence-corrected chi connectivity index (χ4v) is 3.96. The summed E-state index contributed by atoms with van der Waals surface area (Å²) in [5.41, 5.74) is 7.24. The highest BCUT2D eigenvalue weighted by Crippen LogP contribution is 2.27. The van der Waals surface area contributed by atoms with Gasteiger partial charge in [-0.3, -0.25) is 9.59 Å². The third-order valence-electron chi connectivity index (χ3n) is 5.57. The van der Waals surface area contributed by atoms with Gasteiger partial charge in [-0.25, -0.2) is 0 Å². The number of amides is 2. The minimum Gasteiger partial charge on any atom is -0.350 e. The standard InChI is InChI=1S/C20H29N3O2/c21-20(11-4-5-12-20)19(25)22-14-15-7-6-10-17(13-15)23-18(24)16-8-2-1-3-9-16/h6-7,10,13,16H,1-5,8-9,11-12,14,21H2,(H,22,25)(H,23,24). The highest BCUT2D eigenvalue weighted by Gasteiger charge is 2.36. The van der Waals surface area contributed by atoms with Gasteiger partial charge >= 0.3 is 0 Å². The van der Waals surface area contributed by atoms with E-state index in [1.54, 1.807) is 0 Å². The molecule has 2 aliphatic rings. The van der Waals surface area contributed by atoms with Gasteiger partial charge in [-0.1, -0.05) is 44.2 Å². The number of nitrogens with one attached hydrogen (secondary N) is 2. The van der Waals surface area contributed by atoms with Gasteiger partial charge in [0.25, 0.3) is 0 Å². The number of benzene rings is 1. The maximum atomic E-state index is 12.4. The first kappa shape index (κ1) is 17.9. The van der Waals surface area contributed by atoms with Crippen molar-refractivity contribution >= 4 is 17.5 Å². The summed E-state index contributed by atoms with van der Waals surface area (Å²) in [5, 5.41) is 5.97. The van der Waals surface area contributed by atoms with Gasteiger partial charge in [0.2, 0.25) is 11.8 Å². The van der Waals surface area contributed by atoms with Gasteiger partial charge in [0.15, 0.2) is 0 Å². The first-order valence-corrected chi connectivity index (χ1v) is 9.54. The van der Waals surface area contributed by atoms with Crippen LogP contribution in [0.5, 0.6) is 0 Å². The molecule has 2 amide bonds. The Kier molecular flexibility index (Phi) is 5.74. The lowest BCUT2D eigenvalue weighted by atomic mass is 9.88. The van der Waals surface area contributed by atoms with Crippen molar-refractivity contribution in [1.29, 1.82) is 0 Å². The van der Waals surface area contributed by atoms with E-state index in [9.17, 15) is 9.59 Å². The van der Waals surface area contributed by atoms with Crippen molar-refractivity contribution in [3.8, 4) is 0 Å². The summed E-state index contributed by atoms with van der Waals surface area (Å²) in [4.78, 5) is 24.7. The molecule has 0 aliphatic heterocycles. The Morgan fingerprint density at radius 2 is 1.80 bits per heavy atom. The molecule has 3 rings (SSSR count). The second-order valence-corrected chi connectivity index (χ2v) is 7.57. The summed E-state index contributed by atoms with van der Waals surface area (Å²) in [6.07, 6.45) is 9.06. The Hall–Kier alpha value is -1.88. The Labute approximate surface area is 149 Å². The van der Waals surface area contributed by atoms with Crippen LogP contribution in [0.4, 0.5) is 5.69 Å². The zero-order valence-electron chi connectivity index (χ0n) is 14.9. The first-order chi connectivity index (χ1) is 12.1. The lowest BCUT2D eigenvalue weighted by Gasteiger charge is -2.22. The van der Waals surface area contributed by atoms with E-state index in [1.165, 1.54) is 6.42 Å². The van der Waals surface area contributed by atoms with E-state index in [2.05, 4.69) is 10.6 Å². The average Bonchev–Trinajstić information content (AvgIpc) is 3.09. The molecule has 4 N–H and O–H groups in total. The molecule has 25 heavy (non-hydrogen) atoms. The van der Waals surface area contributed by atoms with E-state index in [1.807, 2.05) is 24.3 Å². The quantitative estimate of drug-likeness (QED) is 0.768. The van der Waals surface area contributed by atoms with Gasteiger partial charge in [0.05, 0.1) is 5.54 Å². The topological polar surface area (TPSA) is 84.2 Å². The average molecular weight is 343 g/mol. The molecule has 5 heteroatoms. The van der Waals surface area contributed by atoms with E-state index >= 15 is 0 Å². The molecule has 0 bridgehead atoms. The van der Waals surface area contributed by atoms with Crippen LogP contribution in [0, 0.1) is 5.92 Å². The number of hydrogen-bond acceptors (Lipinski definition) is 3. The predicted molar refractivity (Wildman–Crippen MR) is 98.9 cm³/mol. The third-order valence-corrected chi connectivity index (χ3v) is 5.57. The third kappa shape index (κ3) is 4.60. The van der Waals surface area contributed by atoms with Gasteiger partial charge < -0.3 is 16.4 Å². The Balaban J connectivity index is 1.54. The van der Waals surface area contributed by atoms with Crippen LogP contribution in [0.3, 0.4) is 0 Å². The maximum Gasteiger partial charge on any atom is 0.240 e. The molecule has 0 atom stereocenters. The molecular formula is C20H29N3O2. The van der Waals surface area contributed by atoms with Crippen LogP contribution in [-0.4, -0.2) is 17.4 Å². The summed E-state index contributed by atoms with van der Waals surface area (Å²) in [7, 11) is 0. The molecule has 2 saturated carbocycles. The van der Waals surface area contributed by atoms with E-state index in [0.29, 0.717) is 6.54 Å². The van der Waals surface area contributed by atoms with Crippen LogP contribution < -0.4 is 16.4 Å². The van der Waals surface area contributed by atoms with Crippen molar-refractivity contribution < 1.29 is 9.59 Å². The Morgan fingerprint density at radius 3 is 2.52 bits per heavy atom. The van der Waals surface area contributed by atoms with Crippen LogP contribution in [0.15, 0.2) is 24.3 Å². The molecule has 136 valence electrons. The Morgan fingerprint density at radius 1 is 1.08 bits per heavy atom. The molecule has 1 aromatic rings. The van der Waals surface area contributed by atoms with Crippen LogP contribution in [0.2, 0.25) is 0 Å². The minimum atomic E-state index is -0.702. The summed E-state index contributed by atoms with van der Waals surface area (Å²) in [5.74, 6) is 0.186. The largest absolute Gasteiger partial charge is 0.350 e. The van der Waals surface area contributed by atoms with E-state index < -0.39 is 5.54 Å². The van der Waals surface area contributed by atoms with Gasteiger partial charge in [-0.15, -0.1) is 0 Å². The number of nitrogens with two attached hydrogens (primary N) is 1. The normalized spacial score (nSPS) is 20.2. The smallest absolute Gasteiger partial charge is 0.240 e. The van der Waals surface area contributed by atoms with Crippen molar-refractivity contribution in [3.63, 3.8) is 0 Å². The fraction of sp³-hybridized carbons (Fsp3) is 0.600. The molecule has 0 aromatic heterocycles. The van der Waals surface area contributed by atoms with Crippen molar-refractivity contribution in [1.82, 2.24) is 5.32 Å². The fourth-order valence-electron chi connectivity index (χ4n) is 3.96. The molecule has 0 unspecified atom stereocenters. The molecule has 0 radical (unpaired) electrons. The van der Waals surface area contributed by atoms with Gasteiger partial charge in [0, 0.05) is 18.2 Å². The Bertz CT molecular complexity index is 617. The summed E-state index contributed by atoms with van der Waals surface area (Å²) < 4.78 is 0. The van der Waals surface area contributed by atoms with Crippen LogP contribution >= 0.6 is 0 Å². The van der Waals surface area contributed by atoms with E-state index in [0.717, 1.165) is 62.6 Å². The molecule has 2 fully saturated rings. The molecule has 1 aromatic carbocycles. The second-order valence-electron chi connectivity index (χ2n) is 7.57. The van der Waals surface area contributed by atoms with Crippen molar-refractivity contribution in [3.05, 3.63) is 29.8 Å². The lowest BCUT2D eigenvalue weighted by molar-refractivity contribution is -0.126. The number of carbonyl (C=O) groups excluding carboxylic acids is 2. The van der Waals surface area contributed by atoms with Crippen molar-refractivity contribution in [2.45, 2.75) is 69.9 Å². The number of carbonyl (C=O) groups is 2. The molecule has 5 nitrogen and oxygen atoms in total. The highest BCUT2D eigenvalue weighted by molar-refractivity contribution is 5.92. The summed E-state index contributed by atoms with van der Waals surface area (Å²) >= 11 is 0. The zero-order valence-corrected chi connectivity index (χ0v) is 14.9. The van der Waals surface area contributed by atoms with Crippen LogP contribution in [0.25, 0.3) is 0 Å². The zero-order chi connectivity index (χ0) is 17.7. The number of rotatable bonds is 5.